The fraction of sp³-hybridized carbons (Fsp3) is 0.188. The number of carboxylic acid groups (broad SMARTS) is 1. The highest BCUT2D eigenvalue weighted by molar-refractivity contribution is 7.99. The van der Waals surface area contributed by atoms with Crippen molar-refractivity contribution in [2.75, 3.05) is 5.75 Å². The van der Waals surface area contributed by atoms with Crippen molar-refractivity contribution >= 4 is 17.7 Å². The normalized spacial score (nSPS) is 10.8. The van der Waals surface area contributed by atoms with Gasteiger partial charge in [-0.1, -0.05) is 11.8 Å². The molecule has 0 aliphatic carbocycles. The Hall–Kier alpha value is -2.74. The molecule has 0 amide bonds. The Bertz CT molecular complexity index is 812. The topological polar surface area (TPSA) is 101 Å². The molecule has 0 aliphatic heterocycles. The number of hydrogen-bond acceptors (Lipinski definition) is 6. The molecule has 2 N–H and O–H groups in total. The molecule has 1 aromatic carbocycles. The molecule has 0 saturated heterocycles. The first-order chi connectivity index (χ1) is 11.6. The monoisotopic (exact) mass is 345 g/mol. The van der Waals surface area contributed by atoms with E-state index < -0.39 is 5.97 Å². The number of furan rings is 1. The van der Waals surface area contributed by atoms with Gasteiger partial charge in [0, 0.05) is 11.3 Å². The maximum Gasteiger partial charge on any atom is 0.304 e. The molecule has 7 nitrogen and oxygen atoms in total. The van der Waals surface area contributed by atoms with Crippen LogP contribution >= 0.6 is 11.8 Å². The van der Waals surface area contributed by atoms with Gasteiger partial charge in [0.15, 0.2) is 11.0 Å². The van der Waals surface area contributed by atoms with E-state index in [1.54, 1.807) is 36.6 Å². The highest BCUT2D eigenvalue weighted by atomic mass is 32.2. The van der Waals surface area contributed by atoms with Crippen molar-refractivity contribution in [2.45, 2.75) is 18.1 Å². The first kappa shape index (κ1) is 16.1. The molecule has 0 radical (unpaired) electrons. The van der Waals surface area contributed by atoms with Crippen molar-refractivity contribution in [2.24, 2.45) is 0 Å². The van der Waals surface area contributed by atoms with Crippen molar-refractivity contribution in [3.05, 3.63) is 48.4 Å². The highest BCUT2D eigenvalue weighted by Crippen LogP contribution is 2.26. The minimum atomic E-state index is -0.849. The van der Waals surface area contributed by atoms with E-state index in [1.807, 2.05) is 10.6 Å². The Morgan fingerprint density at radius 3 is 2.67 bits per heavy atom. The van der Waals surface area contributed by atoms with Crippen LogP contribution in [0.4, 0.5) is 0 Å². The summed E-state index contributed by atoms with van der Waals surface area (Å²) in [6, 6.07) is 10.3. The SMILES string of the molecule is O=C(O)CCSc1nnc(-c2ccc(O)cc2)n1Cc1ccco1. The lowest BCUT2D eigenvalue weighted by atomic mass is 10.2. The lowest BCUT2D eigenvalue weighted by molar-refractivity contribution is -0.136. The lowest BCUT2D eigenvalue weighted by Crippen LogP contribution is -2.04. The summed E-state index contributed by atoms with van der Waals surface area (Å²) in [4.78, 5) is 10.7. The second-order valence-corrected chi connectivity index (χ2v) is 6.07. The maximum absolute atomic E-state index is 10.7. The number of thioether (sulfide) groups is 1. The molecule has 0 spiro atoms. The van der Waals surface area contributed by atoms with Crippen LogP contribution in [0.5, 0.6) is 5.75 Å². The number of aromatic nitrogens is 3. The predicted octanol–water partition coefficient (Wildman–Crippen LogP) is 2.86. The zero-order valence-electron chi connectivity index (χ0n) is 12.6. The molecule has 8 heteroatoms. The van der Waals surface area contributed by atoms with Gasteiger partial charge in [0.25, 0.3) is 0 Å². The number of phenols is 1. The number of phenolic OH excluding ortho intramolecular Hbond substituents is 1. The van der Waals surface area contributed by atoms with Crippen molar-refractivity contribution < 1.29 is 19.4 Å². The van der Waals surface area contributed by atoms with Gasteiger partial charge in [-0.2, -0.15) is 0 Å². The number of nitrogens with zero attached hydrogens (tertiary/aromatic N) is 3. The second kappa shape index (κ2) is 7.22. The standard InChI is InChI=1S/C16H15N3O4S/c20-12-5-3-11(4-6-12)15-17-18-16(24-9-7-14(21)22)19(15)10-13-2-1-8-23-13/h1-6,8,20H,7,9-10H2,(H,21,22). The molecule has 0 atom stereocenters. The van der Waals surface area contributed by atoms with E-state index in [0.717, 1.165) is 11.3 Å². The lowest BCUT2D eigenvalue weighted by Gasteiger charge is -2.08. The molecule has 24 heavy (non-hydrogen) atoms. The fourth-order valence-electron chi connectivity index (χ4n) is 2.15. The third-order valence-electron chi connectivity index (χ3n) is 3.28. The molecule has 124 valence electrons. The maximum atomic E-state index is 10.7. The van der Waals surface area contributed by atoms with E-state index in [9.17, 15) is 9.90 Å². The number of carbonyl (C=O) groups is 1. The molecular weight excluding hydrogens is 330 g/mol. The summed E-state index contributed by atoms with van der Waals surface area (Å²) in [5.41, 5.74) is 0.803. The summed E-state index contributed by atoms with van der Waals surface area (Å²) >= 11 is 1.33. The number of benzene rings is 1. The molecule has 0 fully saturated rings. The Labute approximate surface area is 141 Å². The zero-order valence-corrected chi connectivity index (χ0v) is 13.4. The minimum Gasteiger partial charge on any atom is -0.508 e. The van der Waals surface area contributed by atoms with Gasteiger partial charge in [-0.05, 0) is 36.4 Å². The molecule has 0 bridgehead atoms. The van der Waals surface area contributed by atoms with Crippen LogP contribution in [0, 0.1) is 0 Å². The zero-order chi connectivity index (χ0) is 16.9. The minimum absolute atomic E-state index is 0.0484. The van der Waals surface area contributed by atoms with Gasteiger partial charge in [-0.25, -0.2) is 0 Å². The number of carboxylic acids is 1. The number of rotatable bonds is 7. The molecule has 2 heterocycles. The summed E-state index contributed by atoms with van der Waals surface area (Å²) in [5.74, 6) is 1.10. The van der Waals surface area contributed by atoms with E-state index in [2.05, 4.69) is 10.2 Å². The van der Waals surface area contributed by atoms with Crippen molar-refractivity contribution in [1.29, 1.82) is 0 Å². The Balaban J connectivity index is 1.91. The van der Waals surface area contributed by atoms with E-state index >= 15 is 0 Å². The highest BCUT2D eigenvalue weighted by Gasteiger charge is 2.16. The summed E-state index contributed by atoms with van der Waals surface area (Å²) in [7, 11) is 0. The van der Waals surface area contributed by atoms with Gasteiger partial charge in [0.1, 0.15) is 11.5 Å². The van der Waals surface area contributed by atoms with Gasteiger partial charge in [0.05, 0.1) is 19.2 Å². The van der Waals surface area contributed by atoms with Crippen LogP contribution in [0.25, 0.3) is 11.4 Å². The van der Waals surface area contributed by atoms with Gasteiger partial charge in [-0.15, -0.1) is 10.2 Å². The summed E-state index contributed by atoms with van der Waals surface area (Å²) < 4.78 is 7.27. The molecule has 0 aliphatic rings. The second-order valence-electron chi connectivity index (χ2n) is 5.01. The Kier molecular flexibility index (Phi) is 4.85. The molecule has 0 unspecified atom stereocenters. The Morgan fingerprint density at radius 1 is 1.21 bits per heavy atom. The summed E-state index contributed by atoms with van der Waals surface area (Å²) in [6.07, 6.45) is 1.64. The largest absolute Gasteiger partial charge is 0.508 e. The average molecular weight is 345 g/mol. The van der Waals surface area contributed by atoms with Crippen LogP contribution in [0.15, 0.2) is 52.2 Å². The van der Waals surface area contributed by atoms with Crippen LogP contribution < -0.4 is 0 Å². The van der Waals surface area contributed by atoms with Gasteiger partial charge in [0.2, 0.25) is 0 Å². The number of aromatic hydroxyl groups is 1. The molecular formula is C16H15N3O4S. The number of hydrogen-bond donors (Lipinski definition) is 2. The van der Waals surface area contributed by atoms with E-state index in [-0.39, 0.29) is 12.2 Å². The van der Waals surface area contributed by atoms with E-state index in [1.165, 1.54) is 11.8 Å². The van der Waals surface area contributed by atoms with Crippen molar-refractivity contribution in [3.63, 3.8) is 0 Å². The van der Waals surface area contributed by atoms with Crippen LogP contribution in [0.3, 0.4) is 0 Å². The first-order valence-electron chi connectivity index (χ1n) is 7.23. The van der Waals surface area contributed by atoms with E-state index in [4.69, 9.17) is 9.52 Å². The Morgan fingerprint density at radius 2 is 2.00 bits per heavy atom. The summed E-state index contributed by atoms with van der Waals surface area (Å²) in [6.45, 7) is 0.436. The third kappa shape index (κ3) is 3.77. The molecule has 3 aromatic rings. The number of aliphatic carboxylic acids is 1. The fourth-order valence-corrected chi connectivity index (χ4v) is 3.01. The predicted molar refractivity (Wildman–Crippen MR) is 87.9 cm³/mol. The van der Waals surface area contributed by atoms with Gasteiger partial charge in [-0.3, -0.25) is 9.36 Å². The van der Waals surface area contributed by atoms with Gasteiger partial charge < -0.3 is 14.6 Å². The molecule has 3 rings (SSSR count). The van der Waals surface area contributed by atoms with Crippen LogP contribution in [-0.4, -0.2) is 36.7 Å². The van der Waals surface area contributed by atoms with Crippen molar-refractivity contribution in [3.8, 4) is 17.1 Å². The van der Waals surface area contributed by atoms with Crippen molar-refractivity contribution in [1.82, 2.24) is 14.8 Å². The smallest absolute Gasteiger partial charge is 0.304 e. The van der Waals surface area contributed by atoms with Gasteiger partial charge >= 0.3 is 5.97 Å². The summed E-state index contributed by atoms with van der Waals surface area (Å²) in [5, 5.41) is 27.2. The van der Waals surface area contributed by atoms with Crippen LogP contribution in [0.1, 0.15) is 12.2 Å². The first-order valence-corrected chi connectivity index (χ1v) is 8.21. The van der Waals surface area contributed by atoms with Crippen LogP contribution in [0.2, 0.25) is 0 Å². The molecule has 2 aromatic heterocycles. The quantitative estimate of drug-likeness (QED) is 0.635. The van der Waals surface area contributed by atoms with Crippen LogP contribution in [-0.2, 0) is 11.3 Å². The average Bonchev–Trinajstić information content (AvgIpc) is 3.19. The third-order valence-corrected chi connectivity index (χ3v) is 4.25. The van der Waals surface area contributed by atoms with E-state index in [0.29, 0.717) is 23.3 Å². The molecule has 0 saturated carbocycles.